The minimum Gasteiger partial charge on any atom is -0.457 e. The minimum atomic E-state index is -5.05. The zero-order chi connectivity index (χ0) is 41.1. The summed E-state index contributed by atoms with van der Waals surface area (Å²) in [6.07, 6.45) is 28.2. The summed E-state index contributed by atoms with van der Waals surface area (Å²) in [4.78, 5) is 12.8. The second-order valence-corrected chi connectivity index (χ2v) is 16.7. The quantitative estimate of drug-likeness (QED) is 0.0200. The summed E-state index contributed by atoms with van der Waals surface area (Å²) in [5.41, 5.74) is 0. The summed E-state index contributed by atoms with van der Waals surface area (Å²) in [6.45, 7) is 3.99. The first kappa shape index (κ1) is 52.9. The van der Waals surface area contributed by atoms with Crippen LogP contribution in [0.25, 0.3) is 0 Å². The van der Waals surface area contributed by atoms with Gasteiger partial charge in [-0.05, 0) is 38.5 Å². The summed E-state index contributed by atoms with van der Waals surface area (Å²) in [6, 6.07) is 0. The third-order valence-electron chi connectivity index (χ3n) is 10.4. The zero-order valence-electron chi connectivity index (χ0n) is 35.2. The molecule has 0 aromatic carbocycles. The molecule has 1 aliphatic rings. The molecule has 0 bridgehead atoms. The molecule has 0 radical (unpaired) electrons. The Bertz CT molecular complexity index is 1040. The van der Waals surface area contributed by atoms with Gasteiger partial charge in [0.2, 0.25) is 0 Å². The normalized spacial score (nSPS) is 20.9. The van der Waals surface area contributed by atoms with Crippen molar-refractivity contribution >= 4 is 16.4 Å². The number of hydrogen-bond donors (Lipinski definition) is 4. The Morgan fingerprint density at radius 3 is 1.61 bits per heavy atom. The lowest BCUT2D eigenvalue weighted by Crippen LogP contribution is -2.60. The lowest BCUT2D eigenvalue weighted by Gasteiger charge is -2.41. The van der Waals surface area contributed by atoms with Gasteiger partial charge in [-0.2, -0.15) is 8.42 Å². The molecule has 0 spiro atoms. The molecule has 1 saturated heterocycles. The van der Waals surface area contributed by atoms with Crippen molar-refractivity contribution in [1.82, 2.24) is 0 Å². The van der Waals surface area contributed by atoms with E-state index >= 15 is 0 Å². The highest BCUT2D eigenvalue weighted by atomic mass is 32.3. The number of unbranched alkanes of at least 4 members (excludes halogenated alkanes) is 24. The molecule has 1 fully saturated rings. The second kappa shape index (κ2) is 35.8. The van der Waals surface area contributed by atoms with Gasteiger partial charge in [-0.25, -0.2) is 4.18 Å². The van der Waals surface area contributed by atoms with Crippen molar-refractivity contribution in [2.45, 2.75) is 230 Å². The van der Waals surface area contributed by atoms with Crippen LogP contribution in [0.1, 0.15) is 194 Å². The first-order valence-electron chi connectivity index (χ1n) is 22.4. The van der Waals surface area contributed by atoms with Crippen molar-refractivity contribution in [3.05, 3.63) is 12.2 Å². The minimum absolute atomic E-state index is 0.0401. The molecule has 4 N–H and O–H groups in total. The maximum atomic E-state index is 12.8. The van der Waals surface area contributed by atoms with Crippen molar-refractivity contribution in [2.75, 3.05) is 26.4 Å². The van der Waals surface area contributed by atoms with Crippen LogP contribution in [0.2, 0.25) is 0 Å². The summed E-state index contributed by atoms with van der Waals surface area (Å²) in [5.74, 6) is -0.400. The van der Waals surface area contributed by atoms with Gasteiger partial charge in [-0.1, -0.05) is 161 Å². The van der Waals surface area contributed by atoms with Gasteiger partial charge in [0.15, 0.2) is 6.29 Å². The topological polar surface area (TPSA) is 178 Å². The maximum absolute atomic E-state index is 12.8. The van der Waals surface area contributed by atoms with E-state index in [2.05, 4.69) is 30.2 Å². The van der Waals surface area contributed by atoms with Crippen LogP contribution in [0.4, 0.5) is 0 Å². The smallest absolute Gasteiger partial charge is 0.397 e. The van der Waals surface area contributed by atoms with Crippen LogP contribution in [-0.2, 0) is 38.3 Å². The predicted molar refractivity (Wildman–Crippen MR) is 221 cm³/mol. The summed E-state index contributed by atoms with van der Waals surface area (Å²) in [7, 11) is -5.05. The number of hydrogen-bond acceptors (Lipinski definition) is 11. The molecular formula is C43H82O12S. The zero-order valence-corrected chi connectivity index (χ0v) is 36.0. The van der Waals surface area contributed by atoms with Crippen LogP contribution in [0.3, 0.4) is 0 Å². The second-order valence-electron chi connectivity index (χ2n) is 15.6. The number of aliphatic hydroxyl groups excluding tert-OH is 3. The first-order chi connectivity index (χ1) is 27.1. The number of carbonyl (C=O) groups is 1. The average molecular weight is 823 g/mol. The highest BCUT2D eigenvalue weighted by molar-refractivity contribution is 7.80. The molecule has 6 unspecified atom stereocenters. The van der Waals surface area contributed by atoms with E-state index in [1.807, 2.05) is 0 Å². The Morgan fingerprint density at radius 2 is 1.12 bits per heavy atom. The van der Waals surface area contributed by atoms with Gasteiger partial charge in [-0.3, -0.25) is 9.35 Å². The monoisotopic (exact) mass is 823 g/mol. The summed E-state index contributed by atoms with van der Waals surface area (Å²) >= 11 is 0. The molecule has 13 heteroatoms. The number of allylic oxidation sites excluding steroid dienone is 2. The number of rotatable bonds is 39. The lowest BCUT2D eigenvalue weighted by atomic mass is 9.99. The average Bonchev–Trinajstić information content (AvgIpc) is 3.17. The molecule has 0 saturated carbocycles. The van der Waals surface area contributed by atoms with E-state index < -0.39 is 59.8 Å². The highest BCUT2D eigenvalue weighted by Gasteiger charge is 2.48. The molecule has 332 valence electrons. The van der Waals surface area contributed by atoms with Crippen molar-refractivity contribution in [3.8, 4) is 0 Å². The third-order valence-corrected chi connectivity index (χ3v) is 10.9. The molecule has 0 aromatic rings. The lowest BCUT2D eigenvalue weighted by molar-refractivity contribution is -0.301. The van der Waals surface area contributed by atoms with E-state index in [1.165, 1.54) is 128 Å². The fourth-order valence-electron chi connectivity index (χ4n) is 6.96. The predicted octanol–water partition coefficient (Wildman–Crippen LogP) is 9.08. The van der Waals surface area contributed by atoms with Gasteiger partial charge in [-0.15, -0.1) is 0 Å². The first-order valence-corrected chi connectivity index (χ1v) is 23.8. The van der Waals surface area contributed by atoms with E-state index in [9.17, 15) is 28.5 Å². The molecule has 0 aliphatic carbocycles. The van der Waals surface area contributed by atoms with E-state index in [1.54, 1.807) is 0 Å². The molecule has 1 heterocycles. The molecule has 56 heavy (non-hydrogen) atoms. The van der Waals surface area contributed by atoms with Crippen molar-refractivity contribution < 1.29 is 56.2 Å². The fourth-order valence-corrected chi connectivity index (χ4v) is 7.47. The molecule has 1 rings (SSSR count). The van der Waals surface area contributed by atoms with Crippen molar-refractivity contribution in [1.29, 1.82) is 0 Å². The Labute approximate surface area is 340 Å². The largest absolute Gasteiger partial charge is 0.457 e. The molecular weight excluding hydrogens is 741 g/mol. The Hall–Kier alpha value is -1.16. The summed E-state index contributed by atoms with van der Waals surface area (Å²) in [5, 5.41) is 30.6. The SMILES string of the molecule is CCCCCCCC/C=C\CCCCCCCCCCCC(=O)OC(COCCCCCCCCCCCC)COC1OC(CO)C(O)C(OS(=O)(=O)O)C1O. The molecule has 12 nitrogen and oxygen atoms in total. The fraction of sp³-hybridized carbons (Fsp3) is 0.930. The van der Waals surface area contributed by atoms with Crippen LogP contribution in [0.15, 0.2) is 12.2 Å². The Balaban J connectivity index is 2.39. The van der Waals surface area contributed by atoms with Gasteiger partial charge in [0.1, 0.15) is 30.5 Å². The molecule has 0 aromatic heterocycles. The van der Waals surface area contributed by atoms with Gasteiger partial charge in [0.05, 0.1) is 19.8 Å². The van der Waals surface area contributed by atoms with Crippen LogP contribution in [0, 0.1) is 0 Å². The van der Waals surface area contributed by atoms with Crippen LogP contribution in [0.5, 0.6) is 0 Å². The van der Waals surface area contributed by atoms with Gasteiger partial charge < -0.3 is 34.3 Å². The van der Waals surface area contributed by atoms with Gasteiger partial charge >= 0.3 is 16.4 Å². The van der Waals surface area contributed by atoms with Crippen LogP contribution < -0.4 is 0 Å². The number of esters is 1. The summed E-state index contributed by atoms with van der Waals surface area (Å²) < 4.78 is 58.9. The molecule has 0 amide bonds. The van der Waals surface area contributed by atoms with E-state index in [-0.39, 0.29) is 19.6 Å². The Morgan fingerprint density at radius 1 is 0.661 bits per heavy atom. The van der Waals surface area contributed by atoms with Gasteiger partial charge in [0.25, 0.3) is 0 Å². The highest BCUT2D eigenvalue weighted by Crippen LogP contribution is 2.26. The van der Waals surface area contributed by atoms with E-state index in [0.29, 0.717) is 13.0 Å². The molecule has 6 atom stereocenters. The standard InChI is InChI=1S/C43H82O12S/c1-3-5-7-9-11-13-15-16-17-18-19-20-21-22-23-24-26-28-30-32-39(45)53-37(35-51-33-31-29-27-25-14-12-10-8-6-4-2)36-52-43-41(47)42(55-56(48,49)50)40(46)38(34-44)54-43/h16-17,37-38,40-44,46-47H,3-15,18-36H2,1-2H3,(H,48,49,50)/b17-16-. The van der Waals surface area contributed by atoms with Crippen molar-refractivity contribution in [2.24, 2.45) is 0 Å². The van der Waals surface area contributed by atoms with E-state index in [0.717, 1.165) is 38.5 Å². The van der Waals surface area contributed by atoms with Crippen LogP contribution in [-0.4, -0.2) is 97.5 Å². The van der Waals surface area contributed by atoms with Crippen molar-refractivity contribution in [3.63, 3.8) is 0 Å². The third kappa shape index (κ3) is 29.1. The van der Waals surface area contributed by atoms with Gasteiger partial charge in [0, 0.05) is 13.0 Å². The number of carbonyl (C=O) groups excluding carboxylic acids is 1. The van der Waals surface area contributed by atoms with E-state index in [4.69, 9.17) is 23.5 Å². The number of ether oxygens (including phenoxy) is 4. The number of aliphatic hydroxyl groups is 3. The maximum Gasteiger partial charge on any atom is 0.397 e. The Kier molecular flexibility index (Phi) is 33.7. The van der Waals surface area contributed by atoms with Crippen LogP contribution >= 0.6 is 0 Å². The molecule has 1 aliphatic heterocycles.